The highest BCUT2D eigenvalue weighted by Gasteiger charge is 2.23. The molecule has 1 aromatic carbocycles. The topological polar surface area (TPSA) is 55.4 Å². The van der Waals surface area contributed by atoms with Gasteiger partial charge in [-0.25, -0.2) is 9.18 Å². The summed E-state index contributed by atoms with van der Waals surface area (Å²) in [5.41, 5.74) is -0.454. The van der Waals surface area contributed by atoms with Gasteiger partial charge in [-0.05, 0) is 45.9 Å². The summed E-state index contributed by atoms with van der Waals surface area (Å²) in [5, 5.41) is 2.47. The first-order valence-corrected chi connectivity index (χ1v) is 5.98. The molecule has 0 bridgehead atoms. The van der Waals surface area contributed by atoms with Crippen LogP contribution in [0, 0.1) is 5.82 Å². The number of amides is 1. The van der Waals surface area contributed by atoms with Crippen molar-refractivity contribution >= 4 is 11.9 Å². The number of halogens is 1. The van der Waals surface area contributed by atoms with Crippen molar-refractivity contribution in [2.75, 3.05) is 0 Å². The summed E-state index contributed by atoms with van der Waals surface area (Å²) < 4.78 is 18.1. The zero-order valence-corrected chi connectivity index (χ0v) is 11.5. The summed E-state index contributed by atoms with van der Waals surface area (Å²) in [6.07, 6.45) is 0. The van der Waals surface area contributed by atoms with Crippen molar-refractivity contribution in [2.45, 2.75) is 39.3 Å². The molecule has 1 rings (SSSR count). The Morgan fingerprint density at radius 2 is 1.95 bits per heavy atom. The zero-order chi connectivity index (χ0) is 14.6. The molecule has 0 aromatic heterocycles. The van der Waals surface area contributed by atoms with Crippen LogP contribution in [0.2, 0.25) is 0 Å². The molecule has 0 aliphatic rings. The molecule has 1 aromatic rings. The number of carbonyl (C=O) groups excluding carboxylic acids is 2. The number of esters is 1. The van der Waals surface area contributed by atoms with Crippen LogP contribution in [0.4, 0.5) is 4.39 Å². The molecule has 0 saturated carbocycles. The molecule has 0 aliphatic heterocycles. The summed E-state index contributed by atoms with van der Waals surface area (Å²) in [6, 6.07) is 4.46. The number of nitrogens with one attached hydrogen (secondary N) is 1. The van der Waals surface area contributed by atoms with Crippen LogP contribution in [0.25, 0.3) is 0 Å². The van der Waals surface area contributed by atoms with Gasteiger partial charge in [-0.2, -0.15) is 0 Å². The van der Waals surface area contributed by atoms with Gasteiger partial charge in [0, 0.05) is 5.56 Å². The van der Waals surface area contributed by atoms with Gasteiger partial charge in [-0.15, -0.1) is 0 Å². The quantitative estimate of drug-likeness (QED) is 0.855. The van der Waals surface area contributed by atoms with Gasteiger partial charge < -0.3 is 10.1 Å². The number of ether oxygens (including phenoxy) is 1. The molecular weight excluding hydrogens is 249 g/mol. The minimum Gasteiger partial charge on any atom is -0.458 e. The lowest BCUT2D eigenvalue weighted by molar-refractivity contribution is -0.156. The molecule has 19 heavy (non-hydrogen) atoms. The third-order valence-electron chi connectivity index (χ3n) is 2.19. The largest absolute Gasteiger partial charge is 0.458 e. The minimum atomic E-state index is -0.796. The van der Waals surface area contributed by atoms with Gasteiger partial charge in [0.2, 0.25) is 0 Å². The fourth-order valence-corrected chi connectivity index (χ4v) is 1.36. The lowest BCUT2D eigenvalue weighted by atomic mass is 10.2. The van der Waals surface area contributed by atoms with Crippen LogP contribution in [0.15, 0.2) is 24.3 Å². The van der Waals surface area contributed by atoms with Crippen molar-refractivity contribution in [3.8, 4) is 0 Å². The van der Waals surface area contributed by atoms with E-state index in [-0.39, 0.29) is 5.56 Å². The number of rotatable bonds is 3. The van der Waals surface area contributed by atoms with Crippen LogP contribution in [-0.4, -0.2) is 23.5 Å². The van der Waals surface area contributed by atoms with Gasteiger partial charge in [0.25, 0.3) is 5.91 Å². The number of hydrogen-bond donors (Lipinski definition) is 1. The van der Waals surface area contributed by atoms with Crippen molar-refractivity contribution in [1.82, 2.24) is 5.32 Å². The average molecular weight is 267 g/mol. The van der Waals surface area contributed by atoms with Crippen LogP contribution in [0.3, 0.4) is 0 Å². The molecule has 1 N–H and O–H groups in total. The van der Waals surface area contributed by atoms with Gasteiger partial charge in [-0.1, -0.05) is 6.07 Å². The lowest BCUT2D eigenvalue weighted by Gasteiger charge is -2.22. The highest BCUT2D eigenvalue weighted by Crippen LogP contribution is 2.09. The van der Waals surface area contributed by atoms with E-state index in [0.717, 1.165) is 6.07 Å². The fourth-order valence-electron chi connectivity index (χ4n) is 1.36. The first-order valence-electron chi connectivity index (χ1n) is 5.98. The molecule has 1 atom stereocenters. The highest BCUT2D eigenvalue weighted by molar-refractivity contribution is 5.96. The SMILES string of the molecule is C[C@H](NC(=O)c1cccc(F)c1)C(=O)OC(C)(C)C. The van der Waals surface area contributed by atoms with E-state index in [4.69, 9.17) is 4.74 Å². The summed E-state index contributed by atoms with van der Waals surface area (Å²) in [5.74, 6) is -1.55. The molecule has 0 fully saturated rings. The lowest BCUT2D eigenvalue weighted by Crippen LogP contribution is -2.42. The van der Waals surface area contributed by atoms with E-state index in [1.165, 1.54) is 25.1 Å². The highest BCUT2D eigenvalue weighted by atomic mass is 19.1. The van der Waals surface area contributed by atoms with Crippen molar-refractivity contribution < 1.29 is 18.7 Å². The number of hydrogen-bond acceptors (Lipinski definition) is 3. The van der Waals surface area contributed by atoms with Crippen LogP contribution in [0.1, 0.15) is 38.1 Å². The summed E-state index contributed by atoms with van der Waals surface area (Å²) >= 11 is 0. The Hall–Kier alpha value is -1.91. The average Bonchev–Trinajstić information content (AvgIpc) is 2.26. The third-order valence-corrected chi connectivity index (χ3v) is 2.19. The number of benzene rings is 1. The Morgan fingerprint density at radius 1 is 1.32 bits per heavy atom. The normalized spacial score (nSPS) is 12.7. The summed E-state index contributed by atoms with van der Waals surface area (Å²) in [7, 11) is 0. The molecule has 0 aliphatic carbocycles. The maximum atomic E-state index is 13.0. The predicted octanol–water partition coefficient (Wildman–Crippen LogP) is 2.29. The van der Waals surface area contributed by atoms with Crippen molar-refractivity contribution in [2.24, 2.45) is 0 Å². The van der Waals surface area contributed by atoms with E-state index in [1.807, 2.05) is 0 Å². The van der Waals surface area contributed by atoms with Crippen molar-refractivity contribution in [1.29, 1.82) is 0 Å². The Bertz CT molecular complexity index is 480. The molecule has 5 heteroatoms. The van der Waals surface area contributed by atoms with Crippen molar-refractivity contribution in [3.63, 3.8) is 0 Å². The van der Waals surface area contributed by atoms with Crippen molar-refractivity contribution in [3.05, 3.63) is 35.6 Å². The van der Waals surface area contributed by atoms with E-state index in [0.29, 0.717) is 0 Å². The minimum absolute atomic E-state index is 0.162. The molecule has 0 radical (unpaired) electrons. The van der Waals surface area contributed by atoms with Gasteiger partial charge in [0.05, 0.1) is 0 Å². The van der Waals surface area contributed by atoms with E-state index in [9.17, 15) is 14.0 Å². The monoisotopic (exact) mass is 267 g/mol. The molecule has 0 heterocycles. The van der Waals surface area contributed by atoms with E-state index >= 15 is 0 Å². The van der Waals surface area contributed by atoms with Crippen LogP contribution < -0.4 is 5.32 Å². The second-order valence-electron chi connectivity index (χ2n) is 5.24. The molecule has 0 unspecified atom stereocenters. The summed E-state index contributed by atoms with van der Waals surface area (Å²) in [6.45, 7) is 6.75. The molecule has 1 amide bonds. The predicted molar refractivity (Wildman–Crippen MR) is 69.2 cm³/mol. The van der Waals surface area contributed by atoms with Gasteiger partial charge in [-0.3, -0.25) is 4.79 Å². The van der Waals surface area contributed by atoms with E-state index in [1.54, 1.807) is 20.8 Å². The first kappa shape index (κ1) is 15.1. The molecule has 4 nitrogen and oxygen atoms in total. The number of carbonyl (C=O) groups is 2. The van der Waals surface area contributed by atoms with Gasteiger partial charge in [0.1, 0.15) is 17.5 Å². The van der Waals surface area contributed by atoms with Crippen LogP contribution >= 0.6 is 0 Å². The van der Waals surface area contributed by atoms with Gasteiger partial charge >= 0.3 is 5.97 Å². The summed E-state index contributed by atoms with van der Waals surface area (Å²) in [4.78, 5) is 23.5. The van der Waals surface area contributed by atoms with Gasteiger partial charge in [0.15, 0.2) is 0 Å². The smallest absolute Gasteiger partial charge is 0.328 e. The third kappa shape index (κ3) is 5.07. The standard InChI is InChI=1S/C14H18FNO3/c1-9(13(18)19-14(2,3)4)16-12(17)10-6-5-7-11(15)8-10/h5-9H,1-4H3,(H,16,17)/t9-/m0/s1. The fraction of sp³-hybridized carbons (Fsp3) is 0.429. The second kappa shape index (κ2) is 5.82. The molecular formula is C14H18FNO3. The second-order valence-corrected chi connectivity index (χ2v) is 5.24. The molecule has 0 saturated heterocycles. The maximum absolute atomic E-state index is 13.0. The molecule has 0 spiro atoms. The Balaban J connectivity index is 2.64. The Morgan fingerprint density at radius 3 is 2.47 bits per heavy atom. The Labute approximate surface area is 112 Å². The first-order chi connectivity index (χ1) is 8.69. The molecule has 104 valence electrons. The zero-order valence-electron chi connectivity index (χ0n) is 11.5. The van der Waals surface area contributed by atoms with Crippen LogP contribution in [-0.2, 0) is 9.53 Å². The maximum Gasteiger partial charge on any atom is 0.328 e. The van der Waals surface area contributed by atoms with E-state index < -0.39 is 29.3 Å². The van der Waals surface area contributed by atoms with Crippen LogP contribution in [0.5, 0.6) is 0 Å². The Kier molecular flexibility index (Phi) is 4.64. The van der Waals surface area contributed by atoms with E-state index in [2.05, 4.69) is 5.32 Å².